The van der Waals surface area contributed by atoms with Crippen molar-refractivity contribution in [3.05, 3.63) is 90.0 Å². The fourth-order valence-corrected chi connectivity index (χ4v) is 8.81. The number of sulfone groups is 1. The lowest BCUT2D eigenvalue weighted by Crippen LogP contribution is -2.32. The molecule has 0 heterocycles. The molecule has 4 aromatic carbocycles. The van der Waals surface area contributed by atoms with Crippen LogP contribution in [-0.4, -0.2) is 38.8 Å². The summed E-state index contributed by atoms with van der Waals surface area (Å²) in [5.74, 6) is 1.00. The van der Waals surface area contributed by atoms with E-state index in [1.54, 1.807) is 61.5 Å². The fraction of sp³-hybridized carbons (Fsp3) is 0.351. The predicted molar refractivity (Wildman–Crippen MR) is 203 cm³/mol. The summed E-state index contributed by atoms with van der Waals surface area (Å²) in [6.07, 6.45) is 8.34. The first-order chi connectivity index (χ1) is 24.1. The Morgan fingerprint density at radius 1 is 0.667 bits per heavy atom. The SMILES string of the molecule is Cc1cc(N=Nc2ccc(S(=O)(=O)NC3CCCC3)cc2)c(N)cc1O.Cc1ccc(N)cc1O.Nc1ccc(S(=O)(=O)CC2CCCC2)cc1. The van der Waals surface area contributed by atoms with Crippen LogP contribution in [0.4, 0.5) is 28.4 Å². The third-order valence-electron chi connectivity index (χ3n) is 8.84. The molecule has 2 aliphatic carbocycles. The molecule has 2 aliphatic rings. The standard InChI is InChI=1S/C18H22N4O3S.C12H17NO2S.C7H9NO/c1-12-10-17(16(19)11-18(12)23)21-20-13-6-8-15(9-7-13)26(24,25)22-14-4-2-3-5-14;13-11-5-7-12(8-6-11)16(14,15)9-10-3-1-2-4-10;1-5-2-3-6(8)4-7(5)9/h6-11,14,22-23H,2-5,19H2,1H3;5-8,10H,1-4,9,13H2;2-4,9H,8H2,1H3. The van der Waals surface area contributed by atoms with Crippen molar-refractivity contribution in [3.8, 4) is 11.5 Å². The quantitative estimate of drug-likeness (QED) is 0.0780. The summed E-state index contributed by atoms with van der Waals surface area (Å²) in [7, 11) is -6.63. The molecule has 0 saturated heterocycles. The molecule has 0 amide bonds. The van der Waals surface area contributed by atoms with Crippen LogP contribution in [0.3, 0.4) is 0 Å². The lowest BCUT2D eigenvalue weighted by Gasteiger charge is -2.12. The van der Waals surface area contributed by atoms with E-state index in [4.69, 9.17) is 22.3 Å². The second-order valence-corrected chi connectivity index (χ2v) is 16.8. The Hall–Kier alpha value is -4.66. The third kappa shape index (κ3) is 11.7. The van der Waals surface area contributed by atoms with Crippen molar-refractivity contribution in [2.24, 2.45) is 16.1 Å². The minimum atomic E-state index is -3.51. The van der Waals surface area contributed by atoms with Gasteiger partial charge in [-0.15, -0.1) is 5.11 Å². The lowest BCUT2D eigenvalue weighted by atomic mass is 10.1. The van der Waals surface area contributed by atoms with Gasteiger partial charge in [-0.05, 0) is 117 Å². The first kappa shape index (κ1) is 39.1. The monoisotopic (exact) mass is 736 g/mol. The molecular weight excluding hydrogens is 689 g/mol. The van der Waals surface area contributed by atoms with Gasteiger partial charge < -0.3 is 27.4 Å². The van der Waals surface area contributed by atoms with E-state index in [1.807, 2.05) is 6.92 Å². The minimum absolute atomic E-state index is 0.0278. The lowest BCUT2D eigenvalue weighted by molar-refractivity contribution is 0.471. The highest BCUT2D eigenvalue weighted by Gasteiger charge is 2.24. The van der Waals surface area contributed by atoms with Gasteiger partial charge in [-0.1, -0.05) is 31.7 Å². The normalized spacial score (nSPS) is 15.3. The molecule has 0 unspecified atom stereocenters. The zero-order valence-corrected chi connectivity index (χ0v) is 30.6. The summed E-state index contributed by atoms with van der Waals surface area (Å²) in [6.45, 7) is 3.57. The zero-order valence-electron chi connectivity index (χ0n) is 29.0. The van der Waals surface area contributed by atoms with E-state index >= 15 is 0 Å². The van der Waals surface area contributed by atoms with E-state index in [1.165, 1.54) is 37.1 Å². The highest BCUT2D eigenvalue weighted by atomic mass is 32.2. The first-order valence-electron chi connectivity index (χ1n) is 16.9. The summed E-state index contributed by atoms with van der Waals surface area (Å²) >= 11 is 0. The Morgan fingerprint density at radius 3 is 1.80 bits per heavy atom. The summed E-state index contributed by atoms with van der Waals surface area (Å²) in [5, 5.41) is 26.8. The Morgan fingerprint density at radius 2 is 1.22 bits per heavy atom. The molecule has 0 aliphatic heterocycles. The molecule has 0 spiro atoms. The molecule has 9 N–H and O–H groups in total. The van der Waals surface area contributed by atoms with Gasteiger partial charge in [-0.25, -0.2) is 21.6 Å². The van der Waals surface area contributed by atoms with Crippen LogP contribution in [0.1, 0.15) is 62.5 Å². The largest absolute Gasteiger partial charge is 0.508 e. The number of phenolic OH excluding ortho intramolecular Hbond substituents is 2. The van der Waals surface area contributed by atoms with E-state index in [0.717, 1.165) is 44.1 Å². The first-order valence-corrected chi connectivity index (χ1v) is 20.0. The summed E-state index contributed by atoms with van der Waals surface area (Å²) in [6, 6.07) is 20.9. The van der Waals surface area contributed by atoms with E-state index in [9.17, 15) is 21.9 Å². The molecule has 6 rings (SSSR count). The zero-order chi connectivity index (χ0) is 37.2. The topological polar surface area (TPSA) is 224 Å². The van der Waals surface area contributed by atoms with E-state index < -0.39 is 19.9 Å². The molecule has 0 bridgehead atoms. The van der Waals surface area contributed by atoms with E-state index in [0.29, 0.717) is 44.8 Å². The number of anilines is 3. The number of nitrogens with zero attached hydrogens (tertiary/aromatic N) is 2. The highest BCUT2D eigenvalue weighted by molar-refractivity contribution is 7.91. The number of nitrogens with one attached hydrogen (secondary N) is 1. The van der Waals surface area contributed by atoms with Crippen LogP contribution >= 0.6 is 0 Å². The van der Waals surface area contributed by atoms with Crippen molar-refractivity contribution in [1.29, 1.82) is 0 Å². The Balaban J connectivity index is 0.000000197. The number of aromatic hydroxyl groups is 2. The van der Waals surface area contributed by atoms with Crippen LogP contribution in [0.2, 0.25) is 0 Å². The number of nitrogen functional groups attached to an aromatic ring is 3. The van der Waals surface area contributed by atoms with Gasteiger partial charge in [0.25, 0.3) is 0 Å². The van der Waals surface area contributed by atoms with Crippen LogP contribution in [0.15, 0.2) is 98.9 Å². The van der Waals surface area contributed by atoms with Gasteiger partial charge in [0.2, 0.25) is 10.0 Å². The summed E-state index contributed by atoms with van der Waals surface area (Å²) in [4.78, 5) is 0.608. The molecular formula is C37H48N6O6S2. The van der Waals surface area contributed by atoms with Crippen molar-refractivity contribution in [2.45, 2.75) is 81.0 Å². The molecule has 0 aromatic heterocycles. The molecule has 274 valence electrons. The highest BCUT2D eigenvalue weighted by Crippen LogP contribution is 2.32. The fourth-order valence-electron chi connectivity index (χ4n) is 5.80. The van der Waals surface area contributed by atoms with Gasteiger partial charge in [0.1, 0.15) is 17.2 Å². The van der Waals surface area contributed by atoms with Crippen molar-refractivity contribution >= 4 is 48.3 Å². The molecule has 4 aromatic rings. The summed E-state index contributed by atoms with van der Waals surface area (Å²) < 4.78 is 51.6. The number of hydrogen-bond donors (Lipinski definition) is 6. The number of sulfonamides is 1. The second-order valence-electron chi connectivity index (χ2n) is 13.0. The predicted octanol–water partition coefficient (Wildman–Crippen LogP) is 7.43. The van der Waals surface area contributed by atoms with Gasteiger partial charge >= 0.3 is 0 Å². The van der Waals surface area contributed by atoms with Gasteiger partial charge in [-0.3, -0.25) is 0 Å². The smallest absolute Gasteiger partial charge is 0.240 e. The van der Waals surface area contributed by atoms with Crippen LogP contribution in [-0.2, 0) is 19.9 Å². The van der Waals surface area contributed by atoms with Crippen molar-refractivity contribution in [2.75, 3.05) is 23.0 Å². The Labute approximate surface area is 300 Å². The molecule has 0 radical (unpaired) electrons. The van der Waals surface area contributed by atoms with Crippen LogP contribution < -0.4 is 21.9 Å². The molecule has 2 saturated carbocycles. The van der Waals surface area contributed by atoms with Crippen LogP contribution in [0.25, 0.3) is 0 Å². The van der Waals surface area contributed by atoms with Gasteiger partial charge in [0.15, 0.2) is 9.84 Å². The Bertz CT molecular complexity index is 2010. The maximum Gasteiger partial charge on any atom is 0.240 e. The Kier molecular flexibility index (Phi) is 13.4. The number of rotatable bonds is 8. The molecule has 14 heteroatoms. The average Bonchev–Trinajstić information content (AvgIpc) is 3.79. The number of hydrogen-bond acceptors (Lipinski definition) is 11. The third-order valence-corrected chi connectivity index (χ3v) is 12.3. The average molecular weight is 737 g/mol. The van der Waals surface area contributed by atoms with Crippen molar-refractivity contribution in [1.82, 2.24) is 4.72 Å². The minimum Gasteiger partial charge on any atom is -0.508 e. The second kappa shape index (κ2) is 17.5. The summed E-state index contributed by atoms with van der Waals surface area (Å²) in [5.41, 5.74) is 20.7. The van der Waals surface area contributed by atoms with Gasteiger partial charge in [0, 0.05) is 29.5 Å². The number of nitrogens with two attached hydrogens (primary N) is 3. The van der Waals surface area contributed by atoms with Crippen molar-refractivity contribution < 1.29 is 27.0 Å². The maximum atomic E-state index is 12.4. The van der Waals surface area contributed by atoms with Gasteiger partial charge in [-0.2, -0.15) is 5.11 Å². The molecule has 51 heavy (non-hydrogen) atoms. The number of benzene rings is 4. The van der Waals surface area contributed by atoms with Crippen molar-refractivity contribution in [3.63, 3.8) is 0 Å². The van der Waals surface area contributed by atoms with E-state index in [-0.39, 0.29) is 28.2 Å². The molecule has 0 atom stereocenters. The maximum absolute atomic E-state index is 12.4. The number of azo groups is 1. The van der Waals surface area contributed by atoms with Crippen LogP contribution in [0.5, 0.6) is 11.5 Å². The molecule has 12 nitrogen and oxygen atoms in total. The van der Waals surface area contributed by atoms with Crippen LogP contribution in [0, 0.1) is 19.8 Å². The van der Waals surface area contributed by atoms with Gasteiger partial charge in [0.05, 0.1) is 26.9 Å². The number of phenols is 2. The van der Waals surface area contributed by atoms with E-state index in [2.05, 4.69) is 15.0 Å². The number of aryl methyl sites for hydroxylation is 2. The molecule has 2 fully saturated rings.